The first-order valence-electron chi connectivity index (χ1n) is 6.72. The van der Waals surface area contributed by atoms with Gasteiger partial charge < -0.3 is 16.6 Å². The molecule has 0 aliphatic carbocycles. The average molecular weight is 331 g/mol. The second kappa shape index (κ2) is 15.2. The first kappa shape index (κ1) is 19.8. The third-order valence-corrected chi connectivity index (χ3v) is 2.22. The fourth-order valence-corrected chi connectivity index (χ4v) is 1.14. The molecule has 0 fully saturated rings. The van der Waals surface area contributed by atoms with Crippen molar-refractivity contribution in [3.63, 3.8) is 0 Å². The van der Waals surface area contributed by atoms with Crippen LogP contribution in [-0.2, 0) is 0 Å². The molecule has 5 N–H and O–H groups in total. The maximum Gasteiger partial charge on any atom is 0.0951 e. The molecule has 3 nitrogen and oxygen atoms in total. The lowest BCUT2D eigenvalue weighted by Gasteiger charge is -2.13. The Morgan fingerprint density at radius 2 is 1.39 bits per heavy atom. The van der Waals surface area contributed by atoms with Crippen LogP contribution in [0.1, 0.15) is 34.2 Å². The summed E-state index contributed by atoms with van der Waals surface area (Å²) in [6.45, 7) is 3.85. The minimum Gasteiger partial charge on any atom is -0.387 e. The molecular formula is C20H46N2O. The maximum atomic E-state index is 9.67. The summed E-state index contributed by atoms with van der Waals surface area (Å²) in [5.41, 5.74) is 43.5. The highest BCUT2D eigenvalue weighted by molar-refractivity contribution is 4.96. The standard InChI is InChI=1S/C20H16N2O.15H2/c1-2-3-4-5-6-7-8-9-10-11-12-13-14-17-20(23)19(22)16-15-18-21;;;;;;;;;;;;;;;/h17,19-20,23H,1,15-16,18,21-22H2;15*1H/t19-,20-;;;;;;;;;;;;;;;/m0.............../s1. The molecule has 142 valence electrons. The molecule has 0 aliphatic rings. The Morgan fingerprint density at radius 1 is 0.913 bits per heavy atom. The van der Waals surface area contributed by atoms with Gasteiger partial charge >= 0.3 is 0 Å². The fraction of sp³-hybridized carbons (Fsp3) is 0.250. The SMILES string of the molecule is C=C=C=C=C=C=C=C=C=C=C=C=C=C=C[C@H](O)[C@@H](N)CCCN.[HH].[HH].[HH].[HH].[HH].[HH].[HH].[HH].[HH].[HH].[HH].[HH].[HH].[HH].[HH]. The molecule has 3 heteroatoms. The van der Waals surface area contributed by atoms with Gasteiger partial charge in [-0.1, -0.05) is 11.5 Å². The van der Waals surface area contributed by atoms with Gasteiger partial charge in [0, 0.05) is 27.4 Å². The molecule has 0 saturated heterocycles. The Kier molecular flexibility index (Phi) is 13.0. The van der Waals surface area contributed by atoms with E-state index in [9.17, 15) is 5.11 Å². The van der Waals surface area contributed by atoms with E-state index < -0.39 is 6.10 Å². The van der Waals surface area contributed by atoms with Crippen LogP contribution in [0.25, 0.3) is 0 Å². The molecule has 0 saturated carbocycles. The first-order valence-corrected chi connectivity index (χ1v) is 6.72. The van der Waals surface area contributed by atoms with Crippen LogP contribution in [0.4, 0.5) is 0 Å². The van der Waals surface area contributed by atoms with Crippen molar-refractivity contribution in [2.24, 2.45) is 11.5 Å². The Bertz CT molecular complexity index is 911. The minimum atomic E-state index is -0.798. The quantitative estimate of drug-likeness (QED) is 0.598. The molecule has 0 aromatic carbocycles. The molecule has 0 aromatic heterocycles. The topological polar surface area (TPSA) is 72.3 Å². The second-order valence-corrected chi connectivity index (χ2v) is 3.95. The normalized spacial score (nSPS) is 9.35. The second-order valence-electron chi connectivity index (χ2n) is 3.95. The molecule has 0 aromatic rings. The highest BCUT2D eigenvalue weighted by Crippen LogP contribution is 1.99. The Labute approximate surface area is 158 Å². The molecule has 2 atom stereocenters. The molecule has 0 unspecified atom stereocenters. The zero-order valence-corrected chi connectivity index (χ0v) is 12.7. The van der Waals surface area contributed by atoms with Gasteiger partial charge in [-0.3, -0.25) is 0 Å². The van der Waals surface area contributed by atoms with Crippen LogP contribution < -0.4 is 11.5 Å². The number of aliphatic hydroxyl groups is 1. The summed E-state index contributed by atoms with van der Waals surface area (Å²) in [7, 11) is 0. The van der Waals surface area contributed by atoms with Gasteiger partial charge in [0.15, 0.2) is 0 Å². The molecule has 23 heavy (non-hydrogen) atoms. The number of rotatable bonds is 5. The van der Waals surface area contributed by atoms with E-state index in [0.29, 0.717) is 13.0 Å². The van der Waals surface area contributed by atoms with Crippen LogP contribution in [0.15, 0.2) is 87.2 Å². The lowest BCUT2D eigenvalue weighted by molar-refractivity contribution is 0.185. The third kappa shape index (κ3) is 13.5. The van der Waals surface area contributed by atoms with Crippen molar-refractivity contribution in [2.45, 2.75) is 25.0 Å². The van der Waals surface area contributed by atoms with Crippen LogP contribution in [0, 0.1) is 0 Å². The Hall–Kier alpha value is -3.24. The van der Waals surface area contributed by atoms with Gasteiger partial charge in [-0.05, 0) is 95.1 Å². The highest BCUT2D eigenvalue weighted by Gasteiger charge is 2.09. The molecule has 0 rings (SSSR count). The molecule has 0 bridgehead atoms. The van der Waals surface area contributed by atoms with Gasteiger partial charge in [0.25, 0.3) is 0 Å². The summed E-state index contributed by atoms with van der Waals surface area (Å²) in [5, 5.41) is 9.67. The van der Waals surface area contributed by atoms with Crippen molar-refractivity contribution in [2.75, 3.05) is 6.54 Å². The van der Waals surface area contributed by atoms with Crippen molar-refractivity contribution in [1.29, 1.82) is 0 Å². The van der Waals surface area contributed by atoms with Gasteiger partial charge in [-0.2, -0.15) is 0 Å². The summed E-state index contributed by atoms with van der Waals surface area (Å²) >= 11 is 0. The lowest BCUT2D eigenvalue weighted by atomic mass is 10.1. The van der Waals surface area contributed by atoms with E-state index in [1.807, 2.05) is 0 Å². The zero-order chi connectivity index (χ0) is 17.2. The first-order chi connectivity index (χ1) is 11.2. The maximum absolute atomic E-state index is 9.67. The van der Waals surface area contributed by atoms with E-state index in [1.165, 1.54) is 6.08 Å². The summed E-state index contributed by atoms with van der Waals surface area (Å²) in [6.07, 6.45) is 2.01. The molecule has 0 amide bonds. The van der Waals surface area contributed by atoms with Crippen LogP contribution in [0.5, 0.6) is 0 Å². The van der Waals surface area contributed by atoms with Crippen LogP contribution in [-0.4, -0.2) is 23.8 Å². The van der Waals surface area contributed by atoms with Gasteiger partial charge in [0.05, 0.1) is 6.10 Å². The monoisotopic (exact) mass is 330 g/mol. The van der Waals surface area contributed by atoms with Crippen molar-refractivity contribution >= 4 is 0 Å². The van der Waals surface area contributed by atoms with Crippen LogP contribution >= 0.6 is 0 Å². The van der Waals surface area contributed by atoms with E-state index in [1.54, 1.807) is 0 Å². The largest absolute Gasteiger partial charge is 0.387 e. The van der Waals surface area contributed by atoms with Crippen molar-refractivity contribution in [1.82, 2.24) is 0 Å². The van der Waals surface area contributed by atoms with E-state index in [4.69, 9.17) is 11.5 Å². The third-order valence-electron chi connectivity index (χ3n) is 2.22. The minimum absolute atomic E-state index is 0. The van der Waals surface area contributed by atoms with Crippen LogP contribution in [0.3, 0.4) is 0 Å². The Morgan fingerprint density at radius 3 is 1.87 bits per heavy atom. The predicted molar refractivity (Wildman–Crippen MR) is 120 cm³/mol. The molecular weight excluding hydrogens is 284 g/mol. The van der Waals surface area contributed by atoms with Gasteiger partial charge in [-0.15, -0.1) is 0 Å². The van der Waals surface area contributed by atoms with Gasteiger partial charge in [0.2, 0.25) is 0 Å². The summed E-state index contributed by atoms with van der Waals surface area (Å²) < 4.78 is 0. The summed E-state index contributed by atoms with van der Waals surface area (Å²) in [4.78, 5) is 0. The van der Waals surface area contributed by atoms with E-state index in [2.05, 4.69) is 81.1 Å². The number of nitrogens with two attached hydrogens (primary N) is 2. The van der Waals surface area contributed by atoms with Crippen LogP contribution in [0.2, 0.25) is 0 Å². The molecule has 0 heterocycles. The van der Waals surface area contributed by atoms with E-state index >= 15 is 0 Å². The number of hydrogen-bond donors (Lipinski definition) is 3. The van der Waals surface area contributed by atoms with E-state index in [-0.39, 0.29) is 27.4 Å². The lowest BCUT2D eigenvalue weighted by Crippen LogP contribution is -2.33. The van der Waals surface area contributed by atoms with E-state index in [0.717, 1.165) is 6.42 Å². The van der Waals surface area contributed by atoms with Gasteiger partial charge in [0.1, 0.15) is 0 Å². The van der Waals surface area contributed by atoms with Crippen molar-refractivity contribution in [3.05, 3.63) is 87.2 Å². The summed E-state index contributed by atoms with van der Waals surface area (Å²) in [5.74, 6) is 0. The van der Waals surface area contributed by atoms with Crippen molar-refractivity contribution in [3.8, 4) is 0 Å². The zero-order valence-electron chi connectivity index (χ0n) is 12.7. The summed E-state index contributed by atoms with van der Waals surface area (Å²) in [6, 6.07) is -0.369. The fourth-order valence-electron chi connectivity index (χ4n) is 1.14. The number of hydrogen-bond acceptors (Lipinski definition) is 3. The smallest absolute Gasteiger partial charge is 0.0951 e. The average Bonchev–Trinajstić information content (AvgIpc) is 2.56. The van der Waals surface area contributed by atoms with Crippen molar-refractivity contribution < 1.29 is 26.5 Å². The molecule has 0 spiro atoms. The Balaban J connectivity index is -0.0000000230. The van der Waals surface area contributed by atoms with Gasteiger partial charge in [-0.25, -0.2) is 0 Å². The molecule has 0 aliphatic heterocycles. The molecule has 0 radical (unpaired) electrons. The highest BCUT2D eigenvalue weighted by atomic mass is 16.3. The number of aliphatic hydroxyl groups excluding tert-OH is 1. The predicted octanol–water partition coefficient (Wildman–Crippen LogP) is 5.31.